The first-order valence-electron chi connectivity index (χ1n) is 8.46. The second-order valence-corrected chi connectivity index (χ2v) is 6.29. The molecule has 0 aromatic carbocycles. The molecule has 4 heteroatoms. The predicted molar refractivity (Wildman–Crippen MR) is 86.4 cm³/mol. The number of hydrogen-bond acceptors (Lipinski definition) is 3. The molecule has 4 nitrogen and oxygen atoms in total. The molecule has 21 heavy (non-hydrogen) atoms. The number of likely N-dealkylation sites (N-methyl/N-ethyl adjacent to an activating group) is 1. The van der Waals surface area contributed by atoms with E-state index in [1.807, 2.05) is 19.5 Å². The molecule has 0 aliphatic heterocycles. The van der Waals surface area contributed by atoms with Crippen LogP contribution in [0.2, 0.25) is 0 Å². The molecule has 1 fully saturated rings. The fourth-order valence-corrected chi connectivity index (χ4v) is 3.73. The van der Waals surface area contributed by atoms with E-state index < -0.39 is 0 Å². The molecule has 1 unspecified atom stereocenters. The van der Waals surface area contributed by atoms with Crippen LogP contribution in [0.5, 0.6) is 0 Å². The maximum Gasteiger partial charge on any atom is 0.108 e. The Kier molecular flexibility index (Phi) is 6.24. The van der Waals surface area contributed by atoms with Gasteiger partial charge < -0.3 is 14.6 Å². The van der Waals surface area contributed by atoms with Crippen LogP contribution in [0.3, 0.4) is 0 Å². The van der Waals surface area contributed by atoms with Crippen molar-refractivity contribution in [2.24, 2.45) is 7.05 Å². The average molecular weight is 293 g/mol. The number of nitrogens with zero attached hydrogens (tertiary/aromatic N) is 2. The fraction of sp³-hybridized carbons (Fsp3) is 0.824. The summed E-state index contributed by atoms with van der Waals surface area (Å²) in [6, 6.07) is 0.419. The van der Waals surface area contributed by atoms with Crippen molar-refractivity contribution in [3.63, 3.8) is 0 Å². The maximum absolute atomic E-state index is 6.08. The van der Waals surface area contributed by atoms with Crippen LogP contribution in [0.1, 0.15) is 57.7 Å². The Balaban J connectivity index is 2.06. The van der Waals surface area contributed by atoms with Crippen molar-refractivity contribution in [3.05, 3.63) is 18.2 Å². The van der Waals surface area contributed by atoms with Gasteiger partial charge in [-0.25, -0.2) is 4.98 Å². The Hall–Kier alpha value is -0.870. The third-order valence-electron chi connectivity index (χ3n) is 5.02. The van der Waals surface area contributed by atoms with Gasteiger partial charge in [-0.1, -0.05) is 32.6 Å². The molecule has 1 aromatic rings. The molecular weight excluding hydrogens is 262 g/mol. The number of imidazole rings is 1. The van der Waals surface area contributed by atoms with E-state index in [0.29, 0.717) is 6.04 Å². The highest BCUT2D eigenvalue weighted by molar-refractivity contribution is 4.98. The van der Waals surface area contributed by atoms with E-state index >= 15 is 0 Å². The summed E-state index contributed by atoms with van der Waals surface area (Å²) < 4.78 is 8.20. The Morgan fingerprint density at radius 1 is 1.33 bits per heavy atom. The molecule has 120 valence electrons. The van der Waals surface area contributed by atoms with E-state index in [9.17, 15) is 0 Å². The van der Waals surface area contributed by atoms with Gasteiger partial charge in [0.15, 0.2) is 0 Å². The van der Waals surface area contributed by atoms with Gasteiger partial charge in [-0.05, 0) is 25.8 Å². The standard InChI is InChI=1S/C17H31N3O/c1-4-18-15(9-10-16-19-13-14-20(16)2)17(21-3)11-7-5-6-8-12-17/h13-15,18H,4-12H2,1-3H3. The summed E-state index contributed by atoms with van der Waals surface area (Å²) in [5, 5.41) is 3.69. The number of methoxy groups -OCH3 is 1. The first-order chi connectivity index (χ1) is 10.2. The van der Waals surface area contributed by atoms with E-state index in [4.69, 9.17) is 4.74 Å². The van der Waals surface area contributed by atoms with Gasteiger partial charge in [0.05, 0.1) is 5.60 Å². The molecule has 0 spiro atoms. The molecule has 1 aliphatic carbocycles. The Labute approximate surface area is 129 Å². The molecule has 1 atom stereocenters. The molecule has 1 saturated carbocycles. The van der Waals surface area contributed by atoms with Crippen molar-refractivity contribution in [3.8, 4) is 0 Å². The van der Waals surface area contributed by atoms with Crippen LogP contribution in [0.15, 0.2) is 12.4 Å². The van der Waals surface area contributed by atoms with Gasteiger partial charge in [0.25, 0.3) is 0 Å². The molecule has 1 aromatic heterocycles. The molecule has 1 aliphatic rings. The zero-order valence-corrected chi connectivity index (χ0v) is 13.9. The summed E-state index contributed by atoms with van der Waals surface area (Å²) in [6.45, 7) is 3.18. The minimum atomic E-state index is 0.0116. The van der Waals surface area contributed by atoms with Crippen molar-refractivity contribution >= 4 is 0 Å². The van der Waals surface area contributed by atoms with Crippen molar-refractivity contribution in [1.29, 1.82) is 0 Å². The van der Waals surface area contributed by atoms with Gasteiger partial charge in [-0.3, -0.25) is 0 Å². The fourth-order valence-electron chi connectivity index (χ4n) is 3.73. The van der Waals surface area contributed by atoms with Crippen LogP contribution in [0.25, 0.3) is 0 Å². The smallest absolute Gasteiger partial charge is 0.108 e. The van der Waals surface area contributed by atoms with Gasteiger partial charge in [0.2, 0.25) is 0 Å². The summed E-state index contributed by atoms with van der Waals surface area (Å²) in [5.74, 6) is 1.16. The van der Waals surface area contributed by atoms with Crippen LogP contribution >= 0.6 is 0 Å². The van der Waals surface area contributed by atoms with Gasteiger partial charge >= 0.3 is 0 Å². The number of aryl methyl sites for hydroxylation is 2. The van der Waals surface area contributed by atoms with Crippen LogP contribution in [0.4, 0.5) is 0 Å². The lowest BCUT2D eigenvalue weighted by atomic mass is 9.83. The van der Waals surface area contributed by atoms with E-state index in [1.54, 1.807) is 0 Å². The average Bonchev–Trinajstić information content (AvgIpc) is 2.77. The topological polar surface area (TPSA) is 39.1 Å². The minimum absolute atomic E-state index is 0.0116. The van der Waals surface area contributed by atoms with Gasteiger partial charge in [-0.2, -0.15) is 0 Å². The number of ether oxygens (including phenoxy) is 1. The summed E-state index contributed by atoms with van der Waals surface area (Å²) in [6.07, 6.45) is 13.6. The second-order valence-electron chi connectivity index (χ2n) is 6.29. The molecule has 0 saturated heterocycles. The number of nitrogens with one attached hydrogen (secondary N) is 1. The normalized spacial score (nSPS) is 20.1. The van der Waals surface area contributed by atoms with Gasteiger partial charge in [0.1, 0.15) is 5.82 Å². The highest BCUT2D eigenvalue weighted by Gasteiger charge is 2.38. The number of hydrogen-bond donors (Lipinski definition) is 1. The minimum Gasteiger partial charge on any atom is -0.377 e. The molecule has 0 amide bonds. The maximum atomic E-state index is 6.08. The van der Waals surface area contributed by atoms with E-state index in [1.165, 1.54) is 38.5 Å². The third kappa shape index (κ3) is 4.07. The Morgan fingerprint density at radius 3 is 2.57 bits per heavy atom. The van der Waals surface area contributed by atoms with Crippen molar-refractivity contribution < 1.29 is 4.74 Å². The van der Waals surface area contributed by atoms with Crippen LogP contribution in [-0.2, 0) is 18.2 Å². The van der Waals surface area contributed by atoms with Gasteiger partial charge in [0, 0.05) is 39.0 Å². The zero-order valence-electron chi connectivity index (χ0n) is 13.9. The molecular formula is C17H31N3O. The van der Waals surface area contributed by atoms with Crippen molar-refractivity contribution in [2.45, 2.75) is 69.9 Å². The van der Waals surface area contributed by atoms with Crippen LogP contribution in [-0.4, -0.2) is 34.8 Å². The third-order valence-corrected chi connectivity index (χ3v) is 5.02. The summed E-state index contributed by atoms with van der Waals surface area (Å²) >= 11 is 0. The highest BCUT2D eigenvalue weighted by atomic mass is 16.5. The molecule has 0 radical (unpaired) electrons. The largest absolute Gasteiger partial charge is 0.377 e. The molecule has 1 heterocycles. The molecule has 2 rings (SSSR count). The first-order valence-corrected chi connectivity index (χ1v) is 8.46. The van der Waals surface area contributed by atoms with E-state index in [2.05, 4.69) is 28.8 Å². The molecule has 1 N–H and O–H groups in total. The summed E-state index contributed by atoms with van der Waals surface area (Å²) in [7, 11) is 3.97. The predicted octanol–water partition coefficient (Wildman–Crippen LogP) is 3.07. The molecule has 0 bridgehead atoms. The van der Waals surface area contributed by atoms with Crippen LogP contribution < -0.4 is 5.32 Å². The lowest BCUT2D eigenvalue weighted by Gasteiger charge is -2.40. The highest BCUT2D eigenvalue weighted by Crippen LogP contribution is 2.34. The summed E-state index contributed by atoms with van der Waals surface area (Å²) in [5.41, 5.74) is 0.0116. The quantitative estimate of drug-likeness (QED) is 0.785. The van der Waals surface area contributed by atoms with Crippen LogP contribution in [0, 0.1) is 0 Å². The Morgan fingerprint density at radius 2 is 2.05 bits per heavy atom. The second kappa shape index (κ2) is 7.95. The van der Waals surface area contributed by atoms with Gasteiger partial charge in [-0.15, -0.1) is 0 Å². The van der Waals surface area contributed by atoms with E-state index in [-0.39, 0.29) is 5.60 Å². The summed E-state index contributed by atoms with van der Waals surface area (Å²) in [4.78, 5) is 4.45. The lowest BCUT2D eigenvalue weighted by molar-refractivity contribution is -0.0544. The first kappa shape index (κ1) is 16.5. The lowest BCUT2D eigenvalue weighted by Crippen LogP contribution is -2.52. The monoisotopic (exact) mass is 293 g/mol. The number of rotatable bonds is 7. The zero-order chi connectivity index (χ0) is 15.1. The van der Waals surface area contributed by atoms with E-state index in [0.717, 1.165) is 25.2 Å². The Bertz CT molecular complexity index is 408. The van der Waals surface area contributed by atoms with Crippen molar-refractivity contribution in [2.75, 3.05) is 13.7 Å². The van der Waals surface area contributed by atoms with Crippen molar-refractivity contribution in [1.82, 2.24) is 14.9 Å². The number of aromatic nitrogens is 2. The SMILES string of the molecule is CCNC(CCc1nccn1C)C1(OC)CCCCCC1.